The number of hydrogen-bond donors (Lipinski definition) is 2. The van der Waals surface area contributed by atoms with E-state index in [1.165, 1.54) is 12.8 Å². The van der Waals surface area contributed by atoms with E-state index >= 15 is 0 Å². The molecular formula is C18H36F3O5P. The molecule has 9 heteroatoms. The van der Waals surface area contributed by atoms with Crippen LogP contribution < -0.4 is 0 Å². The predicted molar refractivity (Wildman–Crippen MR) is 100.0 cm³/mol. The first-order valence-corrected chi connectivity index (χ1v) is 11.5. The quantitative estimate of drug-likeness (QED) is 0.203. The number of unbranched alkanes of at least 4 members (excludes halogenated alkanes) is 10. The molecular weight excluding hydrogens is 384 g/mol. The molecule has 0 bridgehead atoms. The van der Waals surface area contributed by atoms with Crippen LogP contribution in [-0.2, 0) is 13.8 Å². The van der Waals surface area contributed by atoms with Crippen molar-refractivity contribution in [1.29, 1.82) is 0 Å². The van der Waals surface area contributed by atoms with Gasteiger partial charge in [-0.2, -0.15) is 0 Å². The molecule has 2 unspecified atom stereocenters. The molecule has 0 aliphatic carbocycles. The zero-order chi connectivity index (χ0) is 20.4. The topological polar surface area (TPSA) is 76.0 Å². The first-order chi connectivity index (χ1) is 12.9. The third-order valence-electron chi connectivity index (χ3n) is 4.27. The van der Waals surface area contributed by atoms with Crippen LogP contribution in [0.5, 0.6) is 0 Å². The van der Waals surface area contributed by atoms with Crippen molar-refractivity contribution in [3.8, 4) is 0 Å². The predicted octanol–water partition coefficient (Wildman–Crippen LogP) is 5.44. The zero-order valence-electron chi connectivity index (χ0n) is 16.2. The van der Waals surface area contributed by atoms with Crippen LogP contribution in [0.25, 0.3) is 0 Å². The van der Waals surface area contributed by atoms with Gasteiger partial charge >= 0.3 is 7.82 Å². The number of alkyl halides is 3. The van der Waals surface area contributed by atoms with Gasteiger partial charge in [0.25, 0.3) is 0 Å². The molecule has 5 nitrogen and oxygen atoms in total. The largest absolute Gasteiger partial charge is 0.469 e. The molecule has 0 radical (unpaired) electrons. The van der Waals surface area contributed by atoms with E-state index in [0.717, 1.165) is 44.9 Å². The van der Waals surface area contributed by atoms with E-state index in [1.807, 2.05) is 0 Å². The Kier molecular flexibility index (Phi) is 17.8. The van der Waals surface area contributed by atoms with Crippen molar-refractivity contribution in [1.82, 2.24) is 0 Å². The monoisotopic (exact) mass is 420 g/mol. The van der Waals surface area contributed by atoms with Crippen LogP contribution in [-0.4, -0.2) is 48.6 Å². The molecule has 0 amide bonds. The second kappa shape index (κ2) is 17.9. The minimum absolute atomic E-state index is 0.151. The van der Waals surface area contributed by atoms with Gasteiger partial charge in [-0.15, -0.1) is 0 Å². The summed E-state index contributed by atoms with van der Waals surface area (Å²) < 4.78 is 58.5. The minimum Gasteiger partial charge on any atom is -0.376 e. The Morgan fingerprint density at radius 2 is 1.22 bits per heavy atom. The number of rotatable bonds is 20. The van der Waals surface area contributed by atoms with Crippen molar-refractivity contribution in [3.05, 3.63) is 0 Å². The fraction of sp³-hybridized carbons (Fsp3) is 1.00. The van der Waals surface area contributed by atoms with Crippen molar-refractivity contribution in [2.45, 2.75) is 89.4 Å². The smallest absolute Gasteiger partial charge is 0.376 e. The Bertz CT molecular complexity index is 371. The molecule has 2 N–H and O–H groups in total. The van der Waals surface area contributed by atoms with Gasteiger partial charge in [-0.1, -0.05) is 64.2 Å². The normalized spacial score (nSPS) is 14.4. The number of ether oxygens (including phenoxy) is 1. The maximum Gasteiger partial charge on any atom is 0.469 e. The van der Waals surface area contributed by atoms with Gasteiger partial charge in [0.05, 0.1) is 26.5 Å². The minimum atomic E-state index is -4.55. The van der Waals surface area contributed by atoms with E-state index in [9.17, 15) is 17.7 Å². The summed E-state index contributed by atoms with van der Waals surface area (Å²) in [6.07, 6.45) is 7.87. The molecule has 0 heterocycles. The Morgan fingerprint density at radius 1 is 0.741 bits per heavy atom. The molecule has 0 aromatic rings. The van der Waals surface area contributed by atoms with Gasteiger partial charge in [-0.3, -0.25) is 8.91 Å². The Balaban J connectivity index is 3.37. The van der Waals surface area contributed by atoms with Crippen LogP contribution in [0.3, 0.4) is 0 Å². The number of halogens is 3. The van der Waals surface area contributed by atoms with E-state index in [4.69, 9.17) is 14.5 Å². The molecule has 27 heavy (non-hydrogen) atoms. The molecule has 0 saturated carbocycles. The molecule has 0 rings (SSSR count). The molecule has 0 saturated heterocycles. The van der Waals surface area contributed by atoms with Crippen LogP contribution >= 0.6 is 7.82 Å². The highest BCUT2D eigenvalue weighted by molar-refractivity contribution is 7.46. The van der Waals surface area contributed by atoms with Crippen molar-refractivity contribution < 1.29 is 36.8 Å². The average Bonchev–Trinajstić information content (AvgIpc) is 2.61. The summed E-state index contributed by atoms with van der Waals surface area (Å²) in [5.41, 5.74) is 0. The maximum absolute atomic E-state index is 13.7. The van der Waals surface area contributed by atoms with Crippen molar-refractivity contribution >= 4 is 7.82 Å². The van der Waals surface area contributed by atoms with E-state index in [2.05, 4.69) is 4.52 Å². The fourth-order valence-corrected chi connectivity index (χ4v) is 3.03. The van der Waals surface area contributed by atoms with Crippen LogP contribution in [0.15, 0.2) is 0 Å². The molecule has 2 atom stereocenters. The van der Waals surface area contributed by atoms with Gasteiger partial charge in [0.2, 0.25) is 0 Å². The van der Waals surface area contributed by atoms with Crippen LogP contribution in [0.4, 0.5) is 13.2 Å². The summed E-state index contributed by atoms with van der Waals surface area (Å²) in [4.78, 5) is 16.9. The zero-order valence-corrected chi connectivity index (χ0v) is 17.1. The highest BCUT2D eigenvalue weighted by Crippen LogP contribution is 2.35. The Morgan fingerprint density at radius 3 is 1.70 bits per heavy atom. The van der Waals surface area contributed by atoms with E-state index < -0.39 is 26.8 Å². The Hall–Kier alpha value is -0.140. The summed E-state index contributed by atoms with van der Waals surface area (Å²) in [5, 5.41) is 0. The summed E-state index contributed by atoms with van der Waals surface area (Å²) >= 11 is 0. The third kappa shape index (κ3) is 20.4. The van der Waals surface area contributed by atoms with Gasteiger partial charge in [-0.05, 0) is 12.8 Å². The van der Waals surface area contributed by atoms with Crippen LogP contribution in [0, 0.1) is 0 Å². The molecule has 0 aliphatic heterocycles. The maximum atomic E-state index is 13.7. The van der Waals surface area contributed by atoms with E-state index in [-0.39, 0.29) is 26.3 Å². The molecule has 0 aliphatic rings. The van der Waals surface area contributed by atoms with Gasteiger partial charge in [0.1, 0.15) is 6.17 Å². The summed E-state index contributed by atoms with van der Waals surface area (Å²) in [7, 11) is -4.55. The first-order valence-electron chi connectivity index (χ1n) is 9.98. The van der Waals surface area contributed by atoms with Crippen LogP contribution in [0.2, 0.25) is 0 Å². The fourth-order valence-electron chi connectivity index (χ4n) is 2.72. The van der Waals surface area contributed by atoms with Gasteiger partial charge in [0, 0.05) is 0 Å². The van der Waals surface area contributed by atoms with Gasteiger partial charge in [-0.25, -0.2) is 13.3 Å². The number of phosphoric ester groups is 1. The van der Waals surface area contributed by atoms with Crippen molar-refractivity contribution in [2.24, 2.45) is 0 Å². The lowest BCUT2D eigenvalue weighted by molar-refractivity contribution is 0.0227. The van der Waals surface area contributed by atoms with Gasteiger partial charge < -0.3 is 14.5 Å². The van der Waals surface area contributed by atoms with Gasteiger partial charge in [0.15, 0.2) is 6.17 Å². The average molecular weight is 420 g/mol. The number of phosphoric acid groups is 1. The molecule has 0 aromatic carbocycles. The van der Waals surface area contributed by atoms with Crippen molar-refractivity contribution in [3.63, 3.8) is 0 Å². The second-order valence-electron chi connectivity index (χ2n) is 6.80. The second-order valence-corrected chi connectivity index (χ2v) is 8.04. The lowest BCUT2D eigenvalue weighted by atomic mass is 10.0. The lowest BCUT2D eigenvalue weighted by Gasteiger charge is -2.14. The molecule has 0 fully saturated rings. The summed E-state index contributed by atoms with van der Waals surface area (Å²) in [6.45, 7) is -1.24. The highest BCUT2D eigenvalue weighted by Gasteiger charge is 2.20. The lowest BCUT2D eigenvalue weighted by Crippen LogP contribution is -2.24. The summed E-state index contributed by atoms with van der Waals surface area (Å²) in [5.74, 6) is 0. The SMILES string of the molecule is O=P(O)(O)OCCOCC(F)C(F)CCCCCCCCCCCCCF. The van der Waals surface area contributed by atoms with E-state index in [0.29, 0.717) is 12.8 Å². The molecule has 164 valence electrons. The first kappa shape index (κ1) is 26.9. The molecule has 0 aromatic heterocycles. The highest BCUT2D eigenvalue weighted by atomic mass is 31.2. The summed E-state index contributed by atoms with van der Waals surface area (Å²) in [6, 6.07) is 0. The standard InChI is InChI=1S/C18H36F3O5P/c19-13-11-9-7-5-3-1-2-4-6-8-10-12-17(20)18(21)16-25-14-15-26-27(22,23)24/h17-18H,1-16H2,(H2,22,23,24). The van der Waals surface area contributed by atoms with E-state index in [1.54, 1.807) is 0 Å². The molecule has 0 spiro atoms. The number of hydrogen-bond acceptors (Lipinski definition) is 3. The third-order valence-corrected chi connectivity index (χ3v) is 4.79. The van der Waals surface area contributed by atoms with Crippen LogP contribution in [0.1, 0.15) is 77.0 Å². The Labute approximate surface area is 161 Å². The van der Waals surface area contributed by atoms with Crippen molar-refractivity contribution in [2.75, 3.05) is 26.5 Å².